The highest BCUT2D eigenvalue weighted by Gasteiger charge is 2.14. The Morgan fingerprint density at radius 3 is 2.16 bits per heavy atom. The minimum Gasteiger partial charge on any atom is -0.236 e. The minimum atomic E-state index is 1.08. The quantitative estimate of drug-likeness (QED) is 0.299. The lowest BCUT2D eigenvalue weighted by molar-refractivity contribution is 1.49. The molecule has 1 nitrogen and oxygen atoms in total. The molecule has 0 atom stereocenters. The van der Waals surface area contributed by atoms with Gasteiger partial charge in [-0.05, 0) is 44.5 Å². The van der Waals surface area contributed by atoms with E-state index < -0.39 is 0 Å². The van der Waals surface area contributed by atoms with E-state index in [4.69, 9.17) is 4.98 Å². The number of hydrogen-bond acceptors (Lipinski definition) is 2. The largest absolute Gasteiger partial charge is 0.236 e. The molecule has 6 rings (SSSR count). The van der Waals surface area contributed by atoms with Crippen molar-refractivity contribution in [1.82, 2.24) is 4.98 Å². The summed E-state index contributed by atoms with van der Waals surface area (Å²) >= 11 is 1.77. The van der Waals surface area contributed by atoms with Gasteiger partial charge in [-0.3, -0.25) is 0 Å². The van der Waals surface area contributed by atoms with Crippen LogP contribution in [0.25, 0.3) is 53.1 Å². The topological polar surface area (TPSA) is 12.9 Å². The Morgan fingerprint density at radius 1 is 0.600 bits per heavy atom. The molecule has 0 radical (unpaired) electrons. The fourth-order valence-corrected chi connectivity index (χ4v) is 4.91. The molecule has 1 aromatic heterocycles. The van der Waals surface area contributed by atoms with Crippen molar-refractivity contribution >= 4 is 53.9 Å². The molecular formula is C23H13NS. The number of aromatic nitrogens is 1. The van der Waals surface area contributed by atoms with Crippen molar-refractivity contribution < 1.29 is 0 Å². The van der Waals surface area contributed by atoms with Gasteiger partial charge in [0.15, 0.2) is 0 Å². The van der Waals surface area contributed by atoms with Gasteiger partial charge in [0, 0.05) is 5.56 Å². The molecule has 0 aliphatic carbocycles. The third-order valence-corrected chi connectivity index (χ3v) is 6.12. The Hall–Kier alpha value is -2.97. The third kappa shape index (κ3) is 1.80. The van der Waals surface area contributed by atoms with E-state index >= 15 is 0 Å². The van der Waals surface area contributed by atoms with Crippen molar-refractivity contribution in [3.63, 3.8) is 0 Å². The molecule has 0 saturated carbocycles. The van der Waals surface area contributed by atoms with Crippen LogP contribution in [-0.2, 0) is 0 Å². The maximum Gasteiger partial charge on any atom is 0.125 e. The van der Waals surface area contributed by atoms with Crippen molar-refractivity contribution in [2.24, 2.45) is 0 Å². The van der Waals surface area contributed by atoms with E-state index in [1.54, 1.807) is 11.3 Å². The summed E-state index contributed by atoms with van der Waals surface area (Å²) in [6, 6.07) is 28.3. The van der Waals surface area contributed by atoms with Crippen molar-refractivity contribution in [1.29, 1.82) is 0 Å². The Bertz CT molecular complexity index is 1340. The highest BCUT2D eigenvalue weighted by Crippen LogP contribution is 2.40. The number of hydrogen-bond donors (Lipinski definition) is 0. The minimum absolute atomic E-state index is 1.08. The lowest BCUT2D eigenvalue weighted by Gasteiger charge is -2.12. The molecule has 1 heterocycles. The number of fused-ring (bicyclic) bond motifs is 1. The molecule has 0 unspecified atom stereocenters. The van der Waals surface area contributed by atoms with E-state index in [9.17, 15) is 0 Å². The van der Waals surface area contributed by atoms with Crippen molar-refractivity contribution in [3.8, 4) is 10.6 Å². The first-order valence-corrected chi connectivity index (χ1v) is 9.23. The van der Waals surface area contributed by atoms with Crippen LogP contribution in [0.1, 0.15) is 0 Å². The highest BCUT2D eigenvalue weighted by atomic mass is 32.1. The van der Waals surface area contributed by atoms with E-state index in [0.29, 0.717) is 0 Å². The molecule has 0 spiro atoms. The molecule has 0 amide bonds. The average Bonchev–Trinajstić information content (AvgIpc) is 3.10. The predicted molar refractivity (Wildman–Crippen MR) is 109 cm³/mol. The summed E-state index contributed by atoms with van der Waals surface area (Å²) in [5, 5.41) is 9.01. The zero-order valence-electron chi connectivity index (χ0n) is 13.4. The molecule has 0 saturated heterocycles. The molecule has 116 valence electrons. The van der Waals surface area contributed by atoms with Gasteiger partial charge in [0.1, 0.15) is 5.01 Å². The van der Waals surface area contributed by atoms with Gasteiger partial charge in [-0.25, -0.2) is 4.98 Å². The van der Waals surface area contributed by atoms with Gasteiger partial charge in [0.25, 0.3) is 0 Å². The van der Waals surface area contributed by atoms with Crippen LogP contribution in [0.4, 0.5) is 0 Å². The molecule has 0 bridgehead atoms. The first-order chi connectivity index (χ1) is 12.4. The van der Waals surface area contributed by atoms with E-state index in [0.717, 1.165) is 10.5 Å². The molecule has 0 aliphatic rings. The zero-order chi connectivity index (χ0) is 16.4. The normalized spacial score (nSPS) is 12.0. The van der Waals surface area contributed by atoms with Crippen LogP contribution in [-0.4, -0.2) is 4.98 Å². The van der Waals surface area contributed by atoms with Gasteiger partial charge < -0.3 is 0 Å². The Balaban J connectivity index is 1.78. The summed E-state index contributed by atoms with van der Waals surface area (Å²) < 4.78 is 1.24. The molecule has 0 aliphatic heterocycles. The summed E-state index contributed by atoms with van der Waals surface area (Å²) in [7, 11) is 0. The molecular weight excluding hydrogens is 322 g/mol. The Labute approximate surface area is 148 Å². The molecule has 0 fully saturated rings. The van der Waals surface area contributed by atoms with Crippen LogP contribution >= 0.6 is 11.3 Å². The maximum absolute atomic E-state index is 4.88. The lowest BCUT2D eigenvalue weighted by atomic mass is 9.92. The summed E-state index contributed by atoms with van der Waals surface area (Å²) in [6.45, 7) is 0. The van der Waals surface area contributed by atoms with E-state index in [2.05, 4.69) is 78.9 Å². The second kappa shape index (κ2) is 4.78. The summed E-state index contributed by atoms with van der Waals surface area (Å²) in [5.74, 6) is 0. The van der Waals surface area contributed by atoms with Gasteiger partial charge in [0.2, 0.25) is 0 Å². The van der Waals surface area contributed by atoms with Crippen LogP contribution in [0.2, 0.25) is 0 Å². The second-order valence-electron chi connectivity index (χ2n) is 6.46. The van der Waals surface area contributed by atoms with Gasteiger partial charge in [-0.1, -0.05) is 66.7 Å². The van der Waals surface area contributed by atoms with Crippen LogP contribution in [0.15, 0.2) is 78.9 Å². The van der Waals surface area contributed by atoms with Gasteiger partial charge in [0.05, 0.1) is 10.2 Å². The number of rotatable bonds is 1. The summed E-state index contributed by atoms with van der Waals surface area (Å²) in [5.41, 5.74) is 2.31. The number of nitrogens with zero attached hydrogens (tertiary/aromatic N) is 1. The fraction of sp³-hybridized carbons (Fsp3) is 0. The lowest BCUT2D eigenvalue weighted by Crippen LogP contribution is -1.86. The molecule has 6 aromatic rings. The van der Waals surface area contributed by atoms with E-state index in [1.807, 2.05) is 0 Å². The van der Waals surface area contributed by atoms with Crippen LogP contribution in [0.3, 0.4) is 0 Å². The first kappa shape index (κ1) is 13.3. The molecule has 5 aromatic carbocycles. The van der Waals surface area contributed by atoms with E-state index in [-0.39, 0.29) is 0 Å². The molecule has 2 heteroatoms. The molecule has 0 N–H and O–H groups in total. The van der Waals surface area contributed by atoms with Crippen molar-refractivity contribution in [2.75, 3.05) is 0 Å². The highest BCUT2D eigenvalue weighted by molar-refractivity contribution is 7.21. The number of benzene rings is 5. The first-order valence-electron chi connectivity index (χ1n) is 8.41. The third-order valence-electron chi connectivity index (χ3n) is 5.05. The Kier molecular flexibility index (Phi) is 2.55. The number of para-hydroxylation sites is 1. The van der Waals surface area contributed by atoms with Crippen molar-refractivity contribution in [2.45, 2.75) is 0 Å². The van der Waals surface area contributed by atoms with E-state index in [1.165, 1.54) is 42.6 Å². The SMILES string of the molecule is c1cc2ccc3ccc(-c4nc5ccccc5s4)c4ccc(c1)c2c34. The van der Waals surface area contributed by atoms with Gasteiger partial charge in [-0.2, -0.15) is 0 Å². The average molecular weight is 335 g/mol. The summed E-state index contributed by atoms with van der Waals surface area (Å²) in [4.78, 5) is 4.88. The zero-order valence-corrected chi connectivity index (χ0v) is 14.2. The van der Waals surface area contributed by atoms with Gasteiger partial charge >= 0.3 is 0 Å². The standard InChI is InChI=1S/C23H13NS/c1-2-7-20-19(6-1)24-23(25-20)18-13-11-16-9-8-14-4-3-5-15-10-12-17(18)22(16)21(14)15/h1-13H. The maximum atomic E-state index is 4.88. The molecule has 25 heavy (non-hydrogen) atoms. The Morgan fingerprint density at radius 2 is 1.32 bits per heavy atom. The van der Waals surface area contributed by atoms with Crippen LogP contribution in [0, 0.1) is 0 Å². The van der Waals surface area contributed by atoms with Crippen LogP contribution < -0.4 is 0 Å². The fourth-order valence-electron chi connectivity index (χ4n) is 3.91. The van der Waals surface area contributed by atoms with Gasteiger partial charge in [-0.15, -0.1) is 11.3 Å². The summed E-state index contributed by atoms with van der Waals surface area (Å²) in [6.07, 6.45) is 0. The van der Waals surface area contributed by atoms with Crippen molar-refractivity contribution in [3.05, 3.63) is 78.9 Å². The number of thiazole rings is 1. The monoisotopic (exact) mass is 335 g/mol. The second-order valence-corrected chi connectivity index (χ2v) is 7.49. The predicted octanol–water partition coefficient (Wildman–Crippen LogP) is 6.86. The smallest absolute Gasteiger partial charge is 0.125 e. The van der Waals surface area contributed by atoms with Crippen LogP contribution in [0.5, 0.6) is 0 Å².